The van der Waals surface area contributed by atoms with Crippen LogP contribution in [0.2, 0.25) is 0 Å². The van der Waals surface area contributed by atoms with Crippen molar-refractivity contribution < 1.29 is 22.7 Å². The number of carbonyl (C=O) groups is 2. The molecule has 0 spiro atoms. The number of ether oxygens (including phenoxy) is 1. The summed E-state index contributed by atoms with van der Waals surface area (Å²) in [6.07, 6.45) is 0.00692. The molecule has 0 aliphatic rings. The van der Waals surface area contributed by atoms with Crippen LogP contribution in [0.1, 0.15) is 12.5 Å². The zero-order chi connectivity index (χ0) is 24.8. The molecule has 0 aliphatic carbocycles. The molecular weight excluding hydrogens is 462 g/mol. The van der Waals surface area contributed by atoms with E-state index in [4.69, 9.17) is 4.74 Å². The van der Waals surface area contributed by atoms with Crippen molar-refractivity contribution in [2.24, 2.45) is 5.92 Å². The lowest BCUT2D eigenvalue weighted by molar-refractivity contribution is -0.151. The minimum Gasteiger partial charge on any atom is -0.465 e. The number of fused-ring (bicyclic) bond motifs is 1. The molecule has 7 heteroatoms. The van der Waals surface area contributed by atoms with Crippen LogP contribution in [0.4, 0.5) is 0 Å². The van der Waals surface area contributed by atoms with Gasteiger partial charge in [0.2, 0.25) is 5.91 Å². The maximum atomic E-state index is 13.0. The van der Waals surface area contributed by atoms with Gasteiger partial charge >= 0.3 is 5.97 Å². The van der Waals surface area contributed by atoms with E-state index in [0.717, 1.165) is 21.9 Å². The predicted molar refractivity (Wildman–Crippen MR) is 135 cm³/mol. The number of hydrogen-bond acceptors (Lipinski definition) is 5. The van der Waals surface area contributed by atoms with Crippen molar-refractivity contribution in [1.29, 1.82) is 0 Å². The van der Waals surface area contributed by atoms with Gasteiger partial charge in [-0.1, -0.05) is 84.9 Å². The molecule has 0 saturated heterocycles. The predicted octanol–water partition coefficient (Wildman–Crippen LogP) is 4.73. The Morgan fingerprint density at radius 1 is 0.800 bits per heavy atom. The van der Waals surface area contributed by atoms with Crippen LogP contribution < -0.4 is 4.72 Å². The van der Waals surface area contributed by atoms with Gasteiger partial charge in [-0.15, -0.1) is 0 Å². The van der Waals surface area contributed by atoms with Gasteiger partial charge in [0, 0.05) is 0 Å². The van der Waals surface area contributed by atoms with E-state index in [2.05, 4.69) is 4.72 Å². The van der Waals surface area contributed by atoms with E-state index in [1.165, 1.54) is 12.1 Å². The molecule has 0 heterocycles. The molecule has 0 radical (unpaired) electrons. The third kappa shape index (κ3) is 5.75. The summed E-state index contributed by atoms with van der Waals surface area (Å²) in [7, 11) is -4.19. The number of carbonyl (C=O) groups excluding carboxylic acids is 2. The summed E-state index contributed by atoms with van der Waals surface area (Å²) < 4.78 is 33.0. The van der Waals surface area contributed by atoms with Crippen LogP contribution in [0.25, 0.3) is 21.9 Å². The second-order valence-corrected chi connectivity index (χ2v) is 9.73. The number of hydrogen-bond donors (Lipinski definition) is 1. The summed E-state index contributed by atoms with van der Waals surface area (Å²) in [5, 5.41) is 1.60. The van der Waals surface area contributed by atoms with Crippen LogP contribution in [0.5, 0.6) is 0 Å². The molecule has 35 heavy (non-hydrogen) atoms. The first-order valence-electron chi connectivity index (χ1n) is 11.2. The molecule has 0 fully saturated rings. The molecule has 4 aromatic rings. The fraction of sp³-hybridized carbons (Fsp3) is 0.143. The Morgan fingerprint density at radius 3 is 2.11 bits per heavy atom. The van der Waals surface area contributed by atoms with Crippen LogP contribution in [-0.4, -0.2) is 26.9 Å². The fourth-order valence-electron chi connectivity index (χ4n) is 3.82. The highest BCUT2D eigenvalue weighted by molar-refractivity contribution is 7.90. The molecule has 6 nitrogen and oxygen atoms in total. The van der Waals surface area contributed by atoms with Gasteiger partial charge in [0.05, 0.1) is 11.5 Å². The molecule has 4 aromatic carbocycles. The third-order valence-corrected chi connectivity index (χ3v) is 7.00. The summed E-state index contributed by atoms with van der Waals surface area (Å²) in [4.78, 5) is 25.6. The maximum absolute atomic E-state index is 13.0. The number of benzene rings is 4. The van der Waals surface area contributed by atoms with Gasteiger partial charge in [-0.3, -0.25) is 9.59 Å². The van der Waals surface area contributed by atoms with Crippen molar-refractivity contribution in [2.75, 3.05) is 6.61 Å². The maximum Gasteiger partial charge on any atom is 0.318 e. The minimum atomic E-state index is -4.19. The minimum absolute atomic E-state index is 0.00692. The highest BCUT2D eigenvalue weighted by Gasteiger charge is 2.32. The Labute approximate surface area is 204 Å². The lowest BCUT2D eigenvalue weighted by Gasteiger charge is -2.16. The van der Waals surface area contributed by atoms with Gasteiger partial charge < -0.3 is 4.74 Å². The Balaban J connectivity index is 1.55. The van der Waals surface area contributed by atoms with Gasteiger partial charge in [0.1, 0.15) is 5.92 Å². The smallest absolute Gasteiger partial charge is 0.318 e. The molecule has 1 atom stereocenters. The molecular formula is C28H25NO5S. The third-order valence-electron chi connectivity index (χ3n) is 5.65. The molecule has 4 rings (SSSR count). The van der Waals surface area contributed by atoms with E-state index in [1.807, 2.05) is 66.7 Å². The molecule has 1 amide bonds. The van der Waals surface area contributed by atoms with Crippen molar-refractivity contribution in [3.8, 4) is 11.1 Å². The molecule has 0 aromatic heterocycles. The normalized spacial score (nSPS) is 12.1. The molecule has 0 bridgehead atoms. The number of amides is 1. The van der Waals surface area contributed by atoms with Crippen molar-refractivity contribution in [3.63, 3.8) is 0 Å². The van der Waals surface area contributed by atoms with Crippen LogP contribution in [0, 0.1) is 5.92 Å². The summed E-state index contributed by atoms with van der Waals surface area (Å²) in [5.41, 5.74) is 2.74. The van der Waals surface area contributed by atoms with Crippen LogP contribution in [0.15, 0.2) is 102 Å². The average molecular weight is 488 g/mol. The number of rotatable bonds is 8. The van der Waals surface area contributed by atoms with Crippen LogP contribution in [0.3, 0.4) is 0 Å². The molecule has 1 unspecified atom stereocenters. The van der Waals surface area contributed by atoms with E-state index in [-0.39, 0.29) is 17.9 Å². The molecule has 0 aliphatic heterocycles. The first-order valence-corrected chi connectivity index (χ1v) is 12.7. The molecule has 178 valence electrons. The lowest BCUT2D eigenvalue weighted by Crippen LogP contribution is -2.40. The monoisotopic (exact) mass is 487 g/mol. The van der Waals surface area contributed by atoms with Crippen LogP contribution in [-0.2, 0) is 30.8 Å². The number of sulfonamides is 1. The van der Waals surface area contributed by atoms with E-state index >= 15 is 0 Å². The Hall–Kier alpha value is -3.97. The Morgan fingerprint density at radius 2 is 1.43 bits per heavy atom. The van der Waals surface area contributed by atoms with Gasteiger partial charge in [0.25, 0.3) is 10.0 Å². The lowest BCUT2D eigenvalue weighted by atomic mass is 9.96. The van der Waals surface area contributed by atoms with Crippen molar-refractivity contribution in [1.82, 2.24) is 4.72 Å². The van der Waals surface area contributed by atoms with Gasteiger partial charge in [-0.25, -0.2) is 13.1 Å². The Kier molecular flexibility index (Phi) is 7.27. The summed E-state index contributed by atoms with van der Waals surface area (Å²) in [5.74, 6) is -3.01. The van der Waals surface area contributed by atoms with Gasteiger partial charge in [-0.05, 0) is 52.9 Å². The standard InChI is InChI=1S/C28H25NO5S/c1-2-34-28(31)26(18-20-12-14-23(15-13-20)21-8-4-3-5-9-21)27(30)29-35(32,33)25-17-16-22-10-6-7-11-24(22)19-25/h3-17,19,26H,2,18H2,1H3,(H,29,30). The summed E-state index contributed by atoms with van der Waals surface area (Å²) in [6.45, 7) is 1.71. The van der Waals surface area contributed by atoms with Crippen LogP contribution >= 0.6 is 0 Å². The first kappa shape index (κ1) is 24.2. The largest absolute Gasteiger partial charge is 0.465 e. The van der Waals surface area contributed by atoms with Crippen molar-refractivity contribution >= 4 is 32.7 Å². The van der Waals surface area contributed by atoms with Crippen molar-refractivity contribution in [2.45, 2.75) is 18.2 Å². The van der Waals surface area contributed by atoms with Crippen molar-refractivity contribution in [3.05, 3.63) is 103 Å². The highest BCUT2D eigenvalue weighted by atomic mass is 32.2. The van der Waals surface area contributed by atoms with E-state index in [9.17, 15) is 18.0 Å². The zero-order valence-electron chi connectivity index (χ0n) is 19.2. The van der Waals surface area contributed by atoms with Gasteiger partial charge in [0.15, 0.2) is 0 Å². The second-order valence-electron chi connectivity index (χ2n) is 8.05. The quantitative estimate of drug-likeness (QED) is 0.287. The fourth-order valence-corrected chi connectivity index (χ4v) is 4.88. The van der Waals surface area contributed by atoms with E-state index in [1.54, 1.807) is 25.1 Å². The van der Waals surface area contributed by atoms with E-state index < -0.39 is 27.8 Å². The summed E-state index contributed by atoms with van der Waals surface area (Å²) in [6, 6.07) is 29.1. The van der Waals surface area contributed by atoms with Gasteiger partial charge in [-0.2, -0.15) is 0 Å². The topological polar surface area (TPSA) is 89.5 Å². The second kappa shape index (κ2) is 10.5. The van der Waals surface area contributed by atoms with E-state index in [0.29, 0.717) is 5.56 Å². The number of nitrogens with one attached hydrogen (secondary N) is 1. The highest BCUT2D eigenvalue weighted by Crippen LogP contribution is 2.22. The molecule has 0 saturated carbocycles. The first-order chi connectivity index (χ1) is 16.9. The average Bonchev–Trinajstić information content (AvgIpc) is 2.87. The number of esters is 1. The SMILES string of the molecule is CCOC(=O)C(Cc1ccc(-c2ccccc2)cc1)C(=O)NS(=O)(=O)c1ccc2ccccc2c1. The molecule has 1 N–H and O–H groups in total. The summed E-state index contributed by atoms with van der Waals surface area (Å²) >= 11 is 0. The zero-order valence-corrected chi connectivity index (χ0v) is 20.0. The Bertz CT molecular complexity index is 1450.